The monoisotopic (exact) mass is 385 g/mol. The number of hydrogen-bond donors (Lipinski definition) is 1. The van der Waals surface area contributed by atoms with E-state index in [9.17, 15) is 4.79 Å². The fourth-order valence-corrected chi connectivity index (χ4v) is 3.09. The van der Waals surface area contributed by atoms with E-state index in [1.165, 1.54) is 0 Å². The molecular weight excluding hydrogens is 360 g/mol. The standard InChI is InChI=1S/C18H26BCl2NO3/c1-11(2)9-15(19-24-17(3,4)18(5,6)25-19)22-16(23)13-10-12(20)7-8-14(13)21/h7-8,10-11,15H,9H2,1-6H3,(H,22,23)/t15-/m0/s1. The van der Waals surface area contributed by atoms with Crippen LogP contribution in [0.4, 0.5) is 0 Å². The summed E-state index contributed by atoms with van der Waals surface area (Å²) in [7, 11) is -0.519. The van der Waals surface area contributed by atoms with Gasteiger partial charge in [-0.25, -0.2) is 0 Å². The molecule has 138 valence electrons. The van der Waals surface area contributed by atoms with Crippen LogP contribution in [0.1, 0.15) is 58.3 Å². The van der Waals surface area contributed by atoms with Crippen molar-refractivity contribution in [2.45, 2.75) is 65.1 Å². The van der Waals surface area contributed by atoms with Gasteiger partial charge in [-0.05, 0) is 58.2 Å². The van der Waals surface area contributed by atoms with Gasteiger partial charge in [-0.2, -0.15) is 0 Å². The van der Waals surface area contributed by atoms with Gasteiger partial charge < -0.3 is 14.6 Å². The van der Waals surface area contributed by atoms with Gasteiger partial charge in [0, 0.05) is 5.02 Å². The molecule has 1 heterocycles. The molecule has 25 heavy (non-hydrogen) atoms. The van der Waals surface area contributed by atoms with E-state index in [1.807, 2.05) is 27.7 Å². The van der Waals surface area contributed by atoms with Gasteiger partial charge in [-0.3, -0.25) is 4.79 Å². The van der Waals surface area contributed by atoms with E-state index in [2.05, 4.69) is 19.2 Å². The van der Waals surface area contributed by atoms with Crippen LogP contribution in [0.2, 0.25) is 10.0 Å². The summed E-state index contributed by atoms with van der Waals surface area (Å²) in [6, 6.07) is 4.83. The summed E-state index contributed by atoms with van der Waals surface area (Å²) in [5.41, 5.74) is -0.559. The topological polar surface area (TPSA) is 47.6 Å². The Bertz CT molecular complexity index is 633. The SMILES string of the molecule is CC(C)C[C@H](NC(=O)c1cc(Cl)ccc1Cl)B1OC(C)(C)C(C)(C)O1. The molecule has 0 bridgehead atoms. The second-order valence-electron chi connectivity index (χ2n) is 7.96. The van der Waals surface area contributed by atoms with Crippen molar-refractivity contribution >= 4 is 36.2 Å². The van der Waals surface area contributed by atoms with Crippen molar-refractivity contribution in [3.63, 3.8) is 0 Å². The summed E-state index contributed by atoms with van der Waals surface area (Å²) < 4.78 is 12.2. The number of carbonyl (C=O) groups excluding carboxylic acids is 1. The van der Waals surface area contributed by atoms with E-state index in [1.54, 1.807) is 18.2 Å². The van der Waals surface area contributed by atoms with Crippen molar-refractivity contribution in [1.29, 1.82) is 0 Å². The molecule has 1 aromatic carbocycles. The van der Waals surface area contributed by atoms with Gasteiger partial charge >= 0.3 is 7.12 Å². The van der Waals surface area contributed by atoms with Crippen LogP contribution in [0.3, 0.4) is 0 Å². The van der Waals surface area contributed by atoms with Crippen molar-refractivity contribution in [2.75, 3.05) is 0 Å². The van der Waals surface area contributed by atoms with Gasteiger partial charge in [0.15, 0.2) is 0 Å². The Kier molecular flexibility index (Phi) is 6.15. The average molecular weight is 386 g/mol. The van der Waals surface area contributed by atoms with Gasteiger partial charge in [-0.15, -0.1) is 0 Å². The number of halogens is 2. The first-order valence-electron chi connectivity index (χ1n) is 8.54. The fourth-order valence-electron chi connectivity index (χ4n) is 2.72. The Balaban J connectivity index is 2.21. The minimum Gasteiger partial charge on any atom is -0.402 e. The summed E-state index contributed by atoms with van der Waals surface area (Å²) in [4.78, 5) is 12.7. The van der Waals surface area contributed by atoms with E-state index in [4.69, 9.17) is 32.5 Å². The lowest BCUT2D eigenvalue weighted by molar-refractivity contribution is 0.00578. The number of nitrogens with one attached hydrogen (secondary N) is 1. The number of benzene rings is 1. The van der Waals surface area contributed by atoms with Crippen molar-refractivity contribution in [1.82, 2.24) is 5.32 Å². The zero-order valence-corrected chi connectivity index (χ0v) is 17.2. The maximum absolute atomic E-state index is 12.7. The third-order valence-electron chi connectivity index (χ3n) is 4.81. The molecule has 0 radical (unpaired) electrons. The fraction of sp³-hybridized carbons (Fsp3) is 0.611. The molecular formula is C18H26BCl2NO3. The predicted octanol–water partition coefficient (Wildman–Crippen LogP) is 4.77. The molecule has 1 fully saturated rings. The first-order chi connectivity index (χ1) is 11.4. The first-order valence-corrected chi connectivity index (χ1v) is 9.30. The van der Waals surface area contributed by atoms with Crippen molar-refractivity contribution < 1.29 is 14.1 Å². The molecule has 4 nitrogen and oxygen atoms in total. The molecule has 1 aliphatic rings. The van der Waals surface area contributed by atoms with Crippen LogP contribution in [0.25, 0.3) is 0 Å². The molecule has 1 atom stereocenters. The largest absolute Gasteiger partial charge is 0.481 e. The molecule has 1 N–H and O–H groups in total. The van der Waals surface area contributed by atoms with Crippen LogP contribution in [-0.2, 0) is 9.31 Å². The van der Waals surface area contributed by atoms with Gasteiger partial charge in [0.25, 0.3) is 5.91 Å². The van der Waals surface area contributed by atoms with E-state index < -0.39 is 18.3 Å². The lowest BCUT2D eigenvalue weighted by Gasteiger charge is -2.32. The number of hydrogen-bond acceptors (Lipinski definition) is 3. The Morgan fingerprint density at radius 1 is 1.16 bits per heavy atom. The van der Waals surface area contributed by atoms with Crippen molar-refractivity contribution in [3.8, 4) is 0 Å². The highest BCUT2D eigenvalue weighted by atomic mass is 35.5. The molecule has 0 spiro atoms. The van der Waals surface area contributed by atoms with Crippen molar-refractivity contribution in [2.24, 2.45) is 5.92 Å². The molecule has 7 heteroatoms. The Morgan fingerprint density at radius 3 is 2.24 bits per heavy atom. The summed E-state index contributed by atoms with van der Waals surface area (Å²) in [6.45, 7) is 12.2. The van der Waals surface area contributed by atoms with Gasteiger partial charge in [0.1, 0.15) is 0 Å². The highest BCUT2D eigenvalue weighted by molar-refractivity contribution is 6.48. The predicted molar refractivity (Wildman–Crippen MR) is 103 cm³/mol. The highest BCUT2D eigenvalue weighted by Gasteiger charge is 2.54. The zero-order chi connectivity index (χ0) is 19.0. The van der Waals surface area contributed by atoms with Gasteiger partial charge in [0.05, 0.1) is 27.7 Å². The molecule has 0 aromatic heterocycles. The second kappa shape index (κ2) is 7.47. The van der Waals surface area contributed by atoms with E-state index in [-0.39, 0.29) is 11.8 Å². The number of rotatable bonds is 5. The van der Waals surface area contributed by atoms with Crippen molar-refractivity contribution in [3.05, 3.63) is 33.8 Å². The Morgan fingerprint density at radius 2 is 1.72 bits per heavy atom. The quantitative estimate of drug-likeness (QED) is 0.742. The Labute approximate surface area is 160 Å². The molecule has 1 saturated heterocycles. The van der Waals surface area contributed by atoms with Gasteiger partial charge in [0.2, 0.25) is 0 Å². The Hall–Kier alpha value is -0.745. The first kappa shape index (κ1) is 20.6. The third kappa shape index (κ3) is 4.70. The normalized spacial score (nSPS) is 20.0. The zero-order valence-electron chi connectivity index (χ0n) is 15.7. The summed E-state index contributed by atoms with van der Waals surface area (Å²) in [5, 5.41) is 3.84. The third-order valence-corrected chi connectivity index (χ3v) is 5.38. The lowest BCUT2D eigenvalue weighted by atomic mass is 9.74. The lowest BCUT2D eigenvalue weighted by Crippen LogP contribution is -2.48. The molecule has 0 saturated carbocycles. The number of amides is 1. The van der Waals surface area contributed by atoms with Gasteiger partial charge in [-0.1, -0.05) is 37.0 Å². The molecule has 1 amide bonds. The van der Waals surface area contributed by atoms with Crippen LogP contribution < -0.4 is 5.32 Å². The summed E-state index contributed by atoms with van der Waals surface area (Å²) in [6.07, 6.45) is 0.723. The molecule has 2 rings (SSSR count). The minimum atomic E-state index is -0.519. The molecule has 1 aliphatic heterocycles. The summed E-state index contributed by atoms with van der Waals surface area (Å²) >= 11 is 12.1. The van der Waals surface area contributed by atoms with Crippen LogP contribution in [0.5, 0.6) is 0 Å². The minimum absolute atomic E-state index is 0.284. The molecule has 0 aliphatic carbocycles. The van der Waals surface area contributed by atoms with Crippen LogP contribution >= 0.6 is 23.2 Å². The second-order valence-corrected chi connectivity index (χ2v) is 8.80. The van der Waals surface area contributed by atoms with E-state index in [0.29, 0.717) is 21.5 Å². The summed E-state index contributed by atoms with van der Waals surface area (Å²) in [5.74, 6) is -0.212. The highest BCUT2D eigenvalue weighted by Crippen LogP contribution is 2.38. The number of carbonyl (C=O) groups is 1. The maximum atomic E-state index is 12.7. The molecule has 1 aromatic rings. The van der Waals surface area contributed by atoms with Crippen LogP contribution in [0.15, 0.2) is 18.2 Å². The maximum Gasteiger partial charge on any atom is 0.481 e. The smallest absolute Gasteiger partial charge is 0.402 e. The average Bonchev–Trinajstić information content (AvgIpc) is 2.68. The molecule has 0 unspecified atom stereocenters. The van der Waals surface area contributed by atoms with E-state index in [0.717, 1.165) is 6.42 Å². The van der Waals surface area contributed by atoms with Crippen LogP contribution in [-0.4, -0.2) is 30.2 Å². The van der Waals surface area contributed by atoms with E-state index >= 15 is 0 Å². The van der Waals surface area contributed by atoms with Crippen LogP contribution in [0, 0.1) is 5.92 Å².